The second-order valence-electron chi connectivity index (χ2n) is 7.95. The molecule has 4 unspecified atom stereocenters. The lowest BCUT2D eigenvalue weighted by Crippen LogP contribution is -2.52. The van der Waals surface area contributed by atoms with Gasteiger partial charge in [-0.1, -0.05) is 0 Å². The molecule has 0 aromatic carbocycles. The largest absolute Gasteiger partial charge is 0.376 e. The molecule has 7 nitrogen and oxygen atoms in total. The number of nitrogens with one attached hydrogen (secondary N) is 3. The Morgan fingerprint density at radius 3 is 2.77 bits per heavy atom. The number of piperidine rings is 1. The number of hydrogen-bond acceptors (Lipinski definition) is 5. The molecule has 3 aliphatic rings. The second kappa shape index (κ2) is 9.67. The first kappa shape index (κ1) is 19.6. The predicted octanol–water partition coefficient (Wildman–Crippen LogP) is 0.250. The standard InChI is InChI=1S/C19H34N4O3/c1-14(18(24)22-12-16-6-4-10-26-16)23-9-3-5-15(13-23)11-21-19(25)17-7-2-8-20-17/h14-17,20H,2-13H2,1H3,(H,21,25)(H,22,24). The molecule has 0 aromatic rings. The van der Waals surface area contributed by atoms with Gasteiger partial charge in [0.15, 0.2) is 0 Å². The van der Waals surface area contributed by atoms with Crippen molar-refractivity contribution < 1.29 is 14.3 Å². The Hall–Kier alpha value is -1.18. The molecule has 148 valence electrons. The van der Waals surface area contributed by atoms with Crippen molar-refractivity contribution in [2.45, 2.75) is 63.6 Å². The lowest BCUT2D eigenvalue weighted by atomic mass is 9.96. The number of likely N-dealkylation sites (tertiary alicyclic amines) is 1. The zero-order valence-electron chi connectivity index (χ0n) is 16.0. The summed E-state index contributed by atoms with van der Waals surface area (Å²) in [6.45, 7) is 6.87. The number of carbonyl (C=O) groups excluding carboxylic acids is 2. The number of hydrogen-bond donors (Lipinski definition) is 3. The van der Waals surface area contributed by atoms with Gasteiger partial charge in [0.1, 0.15) is 0 Å². The number of ether oxygens (including phenoxy) is 1. The molecule has 3 fully saturated rings. The van der Waals surface area contributed by atoms with E-state index in [1.165, 1.54) is 0 Å². The van der Waals surface area contributed by atoms with E-state index in [2.05, 4.69) is 20.9 Å². The van der Waals surface area contributed by atoms with Crippen molar-refractivity contribution in [3.05, 3.63) is 0 Å². The summed E-state index contributed by atoms with van der Waals surface area (Å²) in [6.07, 6.45) is 6.50. The van der Waals surface area contributed by atoms with Crippen LogP contribution in [-0.4, -0.2) is 74.2 Å². The van der Waals surface area contributed by atoms with Gasteiger partial charge in [0.25, 0.3) is 0 Å². The van der Waals surface area contributed by atoms with Crippen LogP contribution in [0.4, 0.5) is 0 Å². The quantitative estimate of drug-likeness (QED) is 0.602. The molecule has 0 spiro atoms. The van der Waals surface area contributed by atoms with Crippen LogP contribution in [0.5, 0.6) is 0 Å². The topological polar surface area (TPSA) is 82.7 Å². The molecule has 7 heteroatoms. The smallest absolute Gasteiger partial charge is 0.237 e. The van der Waals surface area contributed by atoms with Crippen LogP contribution >= 0.6 is 0 Å². The van der Waals surface area contributed by atoms with Crippen LogP contribution in [0.15, 0.2) is 0 Å². The normalized spacial score (nSPS) is 30.9. The highest BCUT2D eigenvalue weighted by atomic mass is 16.5. The number of rotatable bonds is 7. The first-order valence-electron chi connectivity index (χ1n) is 10.3. The highest BCUT2D eigenvalue weighted by Gasteiger charge is 2.29. The van der Waals surface area contributed by atoms with Gasteiger partial charge in [0, 0.05) is 26.2 Å². The highest BCUT2D eigenvalue weighted by molar-refractivity contribution is 5.82. The van der Waals surface area contributed by atoms with Gasteiger partial charge in [-0.05, 0) is 64.5 Å². The lowest BCUT2D eigenvalue weighted by Gasteiger charge is -2.36. The first-order valence-corrected chi connectivity index (χ1v) is 10.3. The van der Waals surface area contributed by atoms with E-state index in [1.807, 2.05) is 6.92 Å². The van der Waals surface area contributed by atoms with E-state index in [4.69, 9.17) is 4.74 Å². The fourth-order valence-electron chi connectivity index (χ4n) is 4.23. The van der Waals surface area contributed by atoms with Crippen LogP contribution in [0.1, 0.15) is 45.4 Å². The van der Waals surface area contributed by atoms with Crippen LogP contribution < -0.4 is 16.0 Å². The third-order valence-electron chi connectivity index (χ3n) is 5.95. The van der Waals surface area contributed by atoms with E-state index in [9.17, 15) is 9.59 Å². The minimum Gasteiger partial charge on any atom is -0.376 e. The fourth-order valence-corrected chi connectivity index (χ4v) is 4.23. The molecule has 3 saturated heterocycles. The maximum atomic E-state index is 12.5. The monoisotopic (exact) mass is 366 g/mol. The fraction of sp³-hybridized carbons (Fsp3) is 0.895. The van der Waals surface area contributed by atoms with Crippen LogP contribution in [0.2, 0.25) is 0 Å². The maximum absolute atomic E-state index is 12.5. The Labute approximate surface area is 156 Å². The molecule has 3 N–H and O–H groups in total. The van der Waals surface area contributed by atoms with Crippen LogP contribution in [0.3, 0.4) is 0 Å². The van der Waals surface area contributed by atoms with E-state index in [-0.39, 0.29) is 30.0 Å². The van der Waals surface area contributed by atoms with Gasteiger partial charge in [-0.2, -0.15) is 0 Å². The minimum atomic E-state index is -0.133. The summed E-state index contributed by atoms with van der Waals surface area (Å²) in [5, 5.41) is 9.38. The summed E-state index contributed by atoms with van der Waals surface area (Å²) in [4.78, 5) is 26.9. The molecule has 3 rings (SSSR count). The molecule has 0 aliphatic carbocycles. The van der Waals surface area contributed by atoms with Crippen molar-refractivity contribution in [3.8, 4) is 0 Å². The van der Waals surface area contributed by atoms with Crippen LogP contribution in [0.25, 0.3) is 0 Å². The third kappa shape index (κ3) is 5.41. The maximum Gasteiger partial charge on any atom is 0.237 e. The predicted molar refractivity (Wildman–Crippen MR) is 99.8 cm³/mol. The lowest BCUT2D eigenvalue weighted by molar-refractivity contribution is -0.127. The molecule has 0 aromatic heterocycles. The summed E-state index contributed by atoms with van der Waals surface area (Å²) in [6, 6.07) is -0.149. The first-order chi connectivity index (χ1) is 12.6. The molecule has 2 amide bonds. The molecule has 26 heavy (non-hydrogen) atoms. The van der Waals surface area contributed by atoms with Crippen molar-refractivity contribution in [2.24, 2.45) is 5.92 Å². The van der Waals surface area contributed by atoms with Gasteiger partial charge in [0.2, 0.25) is 11.8 Å². The van der Waals surface area contributed by atoms with Gasteiger partial charge in [-0.15, -0.1) is 0 Å². The van der Waals surface area contributed by atoms with Crippen molar-refractivity contribution >= 4 is 11.8 Å². The average molecular weight is 367 g/mol. The minimum absolute atomic E-state index is 0.0165. The SMILES string of the molecule is CC(C(=O)NCC1CCCO1)N1CCCC(CNC(=O)C2CCCN2)C1. The average Bonchev–Trinajstić information content (AvgIpc) is 3.37. The summed E-state index contributed by atoms with van der Waals surface area (Å²) in [7, 11) is 0. The molecule has 3 heterocycles. The summed E-state index contributed by atoms with van der Waals surface area (Å²) in [5.41, 5.74) is 0. The van der Waals surface area contributed by atoms with E-state index in [1.54, 1.807) is 0 Å². The highest BCUT2D eigenvalue weighted by Crippen LogP contribution is 2.18. The Morgan fingerprint density at radius 2 is 2.04 bits per heavy atom. The summed E-state index contributed by atoms with van der Waals surface area (Å²) in [5.74, 6) is 0.629. The third-order valence-corrected chi connectivity index (χ3v) is 5.95. The Balaban J connectivity index is 1.38. The zero-order valence-corrected chi connectivity index (χ0v) is 16.0. The Kier molecular flexibility index (Phi) is 7.28. The van der Waals surface area contributed by atoms with E-state index < -0.39 is 0 Å². The molecule has 0 saturated carbocycles. The van der Waals surface area contributed by atoms with Crippen LogP contribution in [0, 0.1) is 5.92 Å². The molecule has 3 aliphatic heterocycles. The van der Waals surface area contributed by atoms with Crippen molar-refractivity contribution in [3.63, 3.8) is 0 Å². The zero-order chi connectivity index (χ0) is 18.4. The molecular weight excluding hydrogens is 332 g/mol. The second-order valence-corrected chi connectivity index (χ2v) is 7.95. The van der Waals surface area contributed by atoms with Crippen molar-refractivity contribution in [1.82, 2.24) is 20.9 Å². The van der Waals surface area contributed by atoms with Gasteiger partial charge in [-0.3, -0.25) is 14.5 Å². The van der Waals surface area contributed by atoms with Gasteiger partial charge >= 0.3 is 0 Å². The Bertz CT molecular complexity index is 475. The van der Waals surface area contributed by atoms with Crippen molar-refractivity contribution in [1.29, 1.82) is 0 Å². The van der Waals surface area contributed by atoms with Crippen molar-refractivity contribution in [2.75, 3.05) is 39.3 Å². The van der Waals surface area contributed by atoms with Gasteiger partial charge in [-0.25, -0.2) is 0 Å². The van der Waals surface area contributed by atoms with Crippen LogP contribution in [-0.2, 0) is 14.3 Å². The number of carbonyl (C=O) groups is 2. The number of amides is 2. The summed E-state index contributed by atoms with van der Waals surface area (Å²) >= 11 is 0. The Morgan fingerprint density at radius 1 is 1.15 bits per heavy atom. The van der Waals surface area contributed by atoms with E-state index in [0.717, 1.165) is 64.8 Å². The van der Waals surface area contributed by atoms with E-state index in [0.29, 0.717) is 19.0 Å². The van der Waals surface area contributed by atoms with E-state index >= 15 is 0 Å². The molecule has 0 radical (unpaired) electrons. The number of nitrogens with zero attached hydrogens (tertiary/aromatic N) is 1. The van der Waals surface area contributed by atoms with Gasteiger partial charge in [0.05, 0.1) is 18.2 Å². The van der Waals surface area contributed by atoms with Gasteiger partial charge < -0.3 is 20.7 Å². The summed E-state index contributed by atoms with van der Waals surface area (Å²) < 4.78 is 5.57. The molecule has 0 bridgehead atoms. The molecule has 4 atom stereocenters. The molecular formula is C19H34N4O3.